The first kappa shape index (κ1) is 21.1. The highest BCUT2D eigenvalue weighted by Crippen LogP contribution is 2.26. The zero-order valence-electron chi connectivity index (χ0n) is 17.1. The van der Waals surface area contributed by atoms with Gasteiger partial charge in [-0.15, -0.1) is 0 Å². The van der Waals surface area contributed by atoms with Crippen LogP contribution in [0.3, 0.4) is 0 Å². The van der Waals surface area contributed by atoms with E-state index in [9.17, 15) is 15.0 Å². The topological polar surface area (TPSA) is 92.7 Å². The van der Waals surface area contributed by atoms with Crippen molar-refractivity contribution in [3.8, 4) is 11.3 Å². The van der Waals surface area contributed by atoms with Crippen LogP contribution in [0.4, 0.5) is 0 Å². The van der Waals surface area contributed by atoms with Crippen LogP contribution in [-0.4, -0.2) is 35.1 Å². The Labute approximate surface area is 184 Å². The van der Waals surface area contributed by atoms with Crippen molar-refractivity contribution in [2.24, 2.45) is 0 Å². The second kappa shape index (κ2) is 8.91. The van der Waals surface area contributed by atoms with E-state index in [1.165, 1.54) is 0 Å². The summed E-state index contributed by atoms with van der Waals surface area (Å²) in [7, 11) is 0. The number of aryl methyl sites for hydroxylation is 1. The normalized spacial score (nSPS) is 11.3. The predicted molar refractivity (Wildman–Crippen MR) is 118 cm³/mol. The largest absolute Gasteiger partial charge is 0.476 e. The Morgan fingerprint density at radius 2 is 1.90 bits per heavy atom. The lowest BCUT2D eigenvalue weighted by molar-refractivity contribution is 0.0690. The molecule has 0 radical (unpaired) electrons. The van der Waals surface area contributed by atoms with Crippen molar-refractivity contribution in [2.75, 3.05) is 0 Å². The molecule has 3 heterocycles. The minimum absolute atomic E-state index is 0.133. The maximum Gasteiger partial charge on any atom is 0.355 e. The van der Waals surface area contributed by atoms with Crippen molar-refractivity contribution in [3.05, 3.63) is 76.6 Å². The molecule has 0 aliphatic carbocycles. The van der Waals surface area contributed by atoms with E-state index in [4.69, 9.17) is 11.6 Å². The van der Waals surface area contributed by atoms with Crippen molar-refractivity contribution >= 4 is 23.2 Å². The molecular formula is C23H23ClN4O3. The molecule has 7 nitrogen and oxygen atoms in total. The Balaban J connectivity index is 1.67. The van der Waals surface area contributed by atoms with E-state index in [1.807, 2.05) is 34.9 Å². The summed E-state index contributed by atoms with van der Waals surface area (Å²) in [4.78, 5) is 20.8. The summed E-state index contributed by atoms with van der Waals surface area (Å²) >= 11 is 6.23. The quantitative estimate of drug-likeness (QED) is 0.424. The van der Waals surface area contributed by atoms with Crippen LogP contribution in [-0.2, 0) is 19.6 Å². The van der Waals surface area contributed by atoms with Crippen molar-refractivity contribution in [2.45, 2.75) is 39.3 Å². The molecule has 3 aromatic heterocycles. The number of benzene rings is 1. The fraction of sp³-hybridized carbons (Fsp3) is 0.261. The monoisotopic (exact) mass is 438 g/mol. The van der Waals surface area contributed by atoms with E-state index in [-0.39, 0.29) is 12.3 Å². The SMILES string of the molecule is CCCCc1nc(Cl)c(CO)n1Cc1ccc(-c2nc3ccccn3c2C(=O)O)cc1. The lowest BCUT2D eigenvalue weighted by Gasteiger charge is -2.11. The van der Waals surface area contributed by atoms with Crippen molar-refractivity contribution in [3.63, 3.8) is 0 Å². The Morgan fingerprint density at radius 3 is 2.58 bits per heavy atom. The Bertz CT molecular complexity index is 1230. The number of aliphatic hydroxyl groups excluding tert-OH is 1. The average molecular weight is 439 g/mol. The predicted octanol–water partition coefficient (Wildman–Crippen LogP) is 4.43. The number of carboxylic acids is 1. The van der Waals surface area contributed by atoms with Gasteiger partial charge in [-0.05, 0) is 24.1 Å². The maximum absolute atomic E-state index is 11.9. The number of imidazole rings is 2. The van der Waals surface area contributed by atoms with E-state index in [1.54, 1.807) is 22.7 Å². The first-order valence-electron chi connectivity index (χ1n) is 10.2. The summed E-state index contributed by atoms with van der Waals surface area (Å²) < 4.78 is 3.53. The van der Waals surface area contributed by atoms with Crippen LogP contribution in [0.1, 0.15) is 47.3 Å². The van der Waals surface area contributed by atoms with Crippen molar-refractivity contribution < 1.29 is 15.0 Å². The second-order valence-electron chi connectivity index (χ2n) is 7.35. The third kappa shape index (κ3) is 4.06. The molecular weight excluding hydrogens is 416 g/mol. The third-order valence-electron chi connectivity index (χ3n) is 5.31. The maximum atomic E-state index is 11.9. The number of aromatic carboxylic acids is 1. The van der Waals surface area contributed by atoms with Gasteiger partial charge >= 0.3 is 5.97 Å². The van der Waals surface area contributed by atoms with E-state index >= 15 is 0 Å². The van der Waals surface area contributed by atoms with Gasteiger partial charge in [0.15, 0.2) is 10.8 Å². The molecule has 0 saturated heterocycles. The molecule has 0 spiro atoms. The molecule has 2 N–H and O–H groups in total. The van der Waals surface area contributed by atoms with E-state index in [2.05, 4.69) is 16.9 Å². The number of pyridine rings is 1. The number of halogens is 1. The third-order valence-corrected chi connectivity index (χ3v) is 5.61. The van der Waals surface area contributed by atoms with Crippen molar-refractivity contribution in [1.82, 2.24) is 18.9 Å². The molecule has 0 amide bonds. The number of carboxylic acid groups (broad SMARTS) is 1. The number of hydrogen-bond acceptors (Lipinski definition) is 4. The van der Waals surface area contributed by atoms with Gasteiger partial charge in [0.25, 0.3) is 0 Å². The number of rotatable bonds is 8. The number of fused-ring (bicyclic) bond motifs is 1. The molecule has 0 fully saturated rings. The summed E-state index contributed by atoms with van der Waals surface area (Å²) in [5.74, 6) is -0.174. The number of hydrogen-bond donors (Lipinski definition) is 2. The molecule has 0 unspecified atom stereocenters. The molecule has 1 aromatic carbocycles. The van der Waals surface area contributed by atoms with Crippen LogP contribution in [0.15, 0.2) is 48.7 Å². The Hall–Kier alpha value is -3.16. The van der Waals surface area contributed by atoms with E-state index in [0.717, 1.165) is 36.2 Å². The molecule has 160 valence electrons. The second-order valence-corrected chi connectivity index (χ2v) is 7.71. The zero-order valence-corrected chi connectivity index (χ0v) is 17.9. The number of unbranched alkanes of at least 4 members (excludes halogenated alkanes) is 1. The summed E-state index contributed by atoms with van der Waals surface area (Å²) in [6.07, 6.45) is 4.51. The first-order valence-corrected chi connectivity index (χ1v) is 10.6. The van der Waals surface area contributed by atoms with Crippen LogP contribution in [0.5, 0.6) is 0 Å². The van der Waals surface area contributed by atoms with Crippen LogP contribution in [0, 0.1) is 0 Å². The highest BCUT2D eigenvalue weighted by Gasteiger charge is 2.20. The first-order chi connectivity index (χ1) is 15.0. The molecule has 0 aliphatic heterocycles. The van der Waals surface area contributed by atoms with Gasteiger partial charge in [0.1, 0.15) is 17.2 Å². The van der Waals surface area contributed by atoms with Crippen LogP contribution >= 0.6 is 11.6 Å². The van der Waals surface area contributed by atoms with Gasteiger partial charge in [-0.2, -0.15) is 0 Å². The van der Waals surface area contributed by atoms with E-state index < -0.39 is 5.97 Å². The van der Waals surface area contributed by atoms with Crippen LogP contribution < -0.4 is 0 Å². The van der Waals surface area contributed by atoms with Gasteiger partial charge in [0.05, 0.1) is 12.3 Å². The molecule has 8 heteroatoms. The fourth-order valence-electron chi connectivity index (χ4n) is 3.72. The standard InChI is InChI=1S/C23H23ClN4O3/c1-2-3-6-19-26-22(24)17(14-29)28(19)13-15-8-10-16(11-9-15)20-21(23(30)31)27-12-5-4-7-18(27)25-20/h4-5,7-12,29H,2-3,6,13-14H2,1H3,(H,30,31). The summed E-state index contributed by atoms with van der Waals surface area (Å²) in [5.41, 5.74) is 3.46. The summed E-state index contributed by atoms with van der Waals surface area (Å²) in [6.45, 7) is 2.45. The van der Waals surface area contributed by atoms with Crippen molar-refractivity contribution in [1.29, 1.82) is 0 Å². The summed E-state index contributed by atoms with van der Waals surface area (Å²) in [6, 6.07) is 13.0. The smallest absolute Gasteiger partial charge is 0.355 e. The Morgan fingerprint density at radius 1 is 1.13 bits per heavy atom. The van der Waals surface area contributed by atoms with Crippen LogP contribution in [0.2, 0.25) is 5.15 Å². The molecule has 4 rings (SSSR count). The van der Waals surface area contributed by atoms with Gasteiger partial charge in [-0.25, -0.2) is 14.8 Å². The number of aromatic nitrogens is 4. The molecule has 31 heavy (non-hydrogen) atoms. The number of nitrogens with zero attached hydrogens (tertiary/aromatic N) is 4. The van der Waals surface area contributed by atoms with Gasteiger partial charge in [-0.3, -0.25) is 4.40 Å². The minimum Gasteiger partial charge on any atom is -0.476 e. The molecule has 0 atom stereocenters. The molecule has 4 aromatic rings. The number of carbonyl (C=O) groups is 1. The summed E-state index contributed by atoms with van der Waals surface area (Å²) in [5, 5.41) is 19.8. The van der Waals surface area contributed by atoms with E-state index in [0.29, 0.717) is 28.7 Å². The molecule has 0 bridgehead atoms. The zero-order chi connectivity index (χ0) is 22.0. The Kier molecular flexibility index (Phi) is 6.06. The average Bonchev–Trinajstić information content (AvgIpc) is 3.30. The lowest BCUT2D eigenvalue weighted by atomic mass is 10.1. The fourth-order valence-corrected chi connectivity index (χ4v) is 3.98. The molecule has 0 saturated carbocycles. The highest BCUT2D eigenvalue weighted by atomic mass is 35.5. The highest BCUT2D eigenvalue weighted by molar-refractivity contribution is 6.30. The lowest BCUT2D eigenvalue weighted by Crippen LogP contribution is -2.09. The molecule has 0 aliphatic rings. The number of aliphatic hydroxyl groups is 1. The minimum atomic E-state index is -1.03. The van der Waals surface area contributed by atoms with Gasteiger partial charge in [-0.1, -0.05) is 55.3 Å². The van der Waals surface area contributed by atoms with Crippen LogP contribution in [0.25, 0.3) is 16.9 Å². The van der Waals surface area contributed by atoms with Gasteiger partial charge in [0.2, 0.25) is 0 Å². The van der Waals surface area contributed by atoms with Gasteiger partial charge in [0, 0.05) is 24.7 Å². The van der Waals surface area contributed by atoms with Gasteiger partial charge < -0.3 is 14.8 Å².